The van der Waals surface area contributed by atoms with E-state index < -0.39 is 16.3 Å². The fraction of sp³-hybridized carbons (Fsp3) is 0.235. The van der Waals surface area contributed by atoms with Crippen LogP contribution in [0.25, 0.3) is 0 Å². The molecule has 0 amide bonds. The van der Waals surface area contributed by atoms with E-state index in [0.717, 1.165) is 6.07 Å². The number of hydrogen-bond acceptors (Lipinski definition) is 6. The van der Waals surface area contributed by atoms with E-state index in [4.69, 9.17) is 9.88 Å². The fourth-order valence-electron chi connectivity index (χ4n) is 2.25. The van der Waals surface area contributed by atoms with E-state index in [1.165, 1.54) is 6.07 Å². The first-order valence-corrected chi connectivity index (χ1v) is 9.23. The number of sulfonamides is 1. The summed E-state index contributed by atoms with van der Waals surface area (Å²) in [6.45, 7) is 1.89. The van der Waals surface area contributed by atoms with Crippen molar-refractivity contribution in [3.8, 4) is 11.5 Å². The number of aliphatic hydroxyl groups is 1. The molecule has 0 aliphatic rings. The Kier molecular flexibility index (Phi) is 6.13. The van der Waals surface area contributed by atoms with E-state index in [1.807, 2.05) is 6.92 Å². The number of para-hydroxylation sites is 1. The number of primary sulfonamides is 1. The van der Waals surface area contributed by atoms with E-state index >= 15 is 0 Å². The summed E-state index contributed by atoms with van der Waals surface area (Å²) in [4.78, 5) is 10.8. The van der Waals surface area contributed by atoms with Crippen LogP contribution in [0.1, 0.15) is 30.1 Å². The molecule has 0 radical (unpaired) electrons. The van der Waals surface area contributed by atoms with Gasteiger partial charge in [-0.1, -0.05) is 31.5 Å². The summed E-state index contributed by atoms with van der Waals surface area (Å²) < 4.78 is 29.6. The molecule has 0 saturated heterocycles. The van der Waals surface area contributed by atoms with Crippen molar-refractivity contribution in [2.24, 2.45) is 5.14 Å². The maximum Gasteiger partial charge on any atom is 0.241 e. The van der Waals surface area contributed by atoms with Crippen molar-refractivity contribution in [1.82, 2.24) is 0 Å². The minimum atomic E-state index is -4.16. The Morgan fingerprint density at radius 3 is 2.52 bits per heavy atom. The number of nitrogens with one attached hydrogen (secondary N) is 1. The van der Waals surface area contributed by atoms with Gasteiger partial charge in [0, 0.05) is 5.56 Å². The van der Waals surface area contributed by atoms with Gasteiger partial charge in [-0.2, -0.15) is 0 Å². The van der Waals surface area contributed by atoms with Gasteiger partial charge in [-0.3, -0.25) is 4.79 Å². The predicted octanol–water partition coefficient (Wildman–Crippen LogP) is 2.47. The molecule has 25 heavy (non-hydrogen) atoms. The van der Waals surface area contributed by atoms with Crippen LogP contribution >= 0.6 is 0 Å². The second-order valence-electron chi connectivity index (χ2n) is 5.42. The highest BCUT2D eigenvalue weighted by Crippen LogP contribution is 2.37. The number of ether oxygens (including phenoxy) is 1. The number of benzene rings is 2. The number of hydrogen-bond donors (Lipinski definition) is 3. The number of aliphatic hydroxyl groups excluding tert-OH is 1. The Hall–Kier alpha value is -2.42. The molecule has 0 aromatic heterocycles. The largest absolute Gasteiger partial charge is 0.454 e. The molecule has 0 fully saturated rings. The Morgan fingerprint density at radius 1 is 1.28 bits per heavy atom. The van der Waals surface area contributed by atoms with Crippen LogP contribution < -0.4 is 15.2 Å². The summed E-state index contributed by atoms with van der Waals surface area (Å²) in [5.41, 5.74) is 0.258. The number of carbonyl (C=O) groups is 1. The van der Waals surface area contributed by atoms with E-state index in [2.05, 4.69) is 5.32 Å². The topological polar surface area (TPSA) is 119 Å². The zero-order valence-electron chi connectivity index (χ0n) is 13.7. The zero-order valence-corrected chi connectivity index (χ0v) is 14.5. The Balaban J connectivity index is 2.59. The van der Waals surface area contributed by atoms with Crippen molar-refractivity contribution in [2.45, 2.75) is 30.9 Å². The lowest BCUT2D eigenvalue weighted by Gasteiger charge is -2.19. The van der Waals surface area contributed by atoms with Gasteiger partial charge in [0.25, 0.3) is 0 Å². The van der Waals surface area contributed by atoms with Crippen molar-refractivity contribution in [2.75, 3.05) is 5.32 Å². The summed E-state index contributed by atoms with van der Waals surface area (Å²) in [6, 6.07) is 11.1. The highest BCUT2D eigenvalue weighted by atomic mass is 32.2. The van der Waals surface area contributed by atoms with Gasteiger partial charge in [-0.05, 0) is 30.7 Å². The Bertz CT molecular complexity index is 838. The normalized spacial score (nSPS) is 12.4. The second-order valence-corrected chi connectivity index (χ2v) is 6.95. The summed E-state index contributed by atoms with van der Waals surface area (Å²) in [5.74, 6) is 0.314. The monoisotopic (exact) mass is 364 g/mol. The van der Waals surface area contributed by atoms with E-state index in [1.54, 1.807) is 30.3 Å². The zero-order chi connectivity index (χ0) is 18.4. The quantitative estimate of drug-likeness (QED) is 0.489. The molecule has 2 aromatic carbocycles. The summed E-state index contributed by atoms with van der Waals surface area (Å²) in [5, 5.41) is 18.1. The first-order valence-electron chi connectivity index (χ1n) is 7.68. The van der Waals surface area contributed by atoms with Crippen LogP contribution in [-0.2, 0) is 10.0 Å². The molecule has 134 valence electrons. The van der Waals surface area contributed by atoms with E-state index in [-0.39, 0.29) is 21.9 Å². The highest BCUT2D eigenvalue weighted by molar-refractivity contribution is 7.89. The molecular formula is C17H20N2O5S. The van der Waals surface area contributed by atoms with Gasteiger partial charge >= 0.3 is 0 Å². The molecular weight excluding hydrogens is 344 g/mol. The van der Waals surface area contributed by atoms with E-state index in [9.17, 15) is 18.3 Å². The molecule has 0 aliphatic heterocycles. The minimum absolute atomic E-state index is 0.0746. The van der Waals surface area contributed by atoms with Crippen LogP contribution in [0.15, 0.2) is 47.4 Å². The first-order chi connectivity index (χ1) is 11.8. The lowest BCUT2D eigenvalue weighted by molar-refractivity contribution is 0.112. The first kappa shape index (κ1) is 18.9. The molecule has 0 bridgehead atoms. The number of carbonyl (C=O) groups excluding carboxylic acids is 1. The maximum absolute atomic E-state index is 12.0. The third-order valence-corrected chi connectivity index (χ3v) is 4.28. The third kappa shape index (κ3) is 5.02. The molecule has 0 spiro atoms. The number of anilines is 1. The van der Waals surface area contributed by atoms with Crippen LogP contribution in [0.4, 0.5) is 5.69 Å². The second kappa shape index (κ2) is 8.11. The number of rotatable bonds is 8. The van der Waals surface area contributed by atoms with Gasteiger partial charge in [-0.15, -0.1) is 0 Å². The standard InChI is InChI=1S/C17H20N2O5S/c1-2-6-16(21)19-14-9-12(11-20)10-15(25(18,22)23)17(14)24-13-7-4-3-5-8-13/h3-5,7-11,16,19,21H,2,6H2,1H3,(H2,18,22,23). The average molecular weight is 364 g/mol. The van der Waals surface area contributed by atoms with E-state index in [0.29, 0.717) is 24.9 Å². The molecule has 2 aromatic rings. The van der Waals surface area contributed by atoms with Crippen LogP contribution in [-0.4, -0.2) is 26.0 Å². The lowest BCUT2D eigenvalue weighted by Crippen LogP contribution is -2.20. The fourth-order valence-corrected chi connectivity index (χ4v) is 2.96. The molecule has 0 aliphatic carbocycles. The van der Waals surface area contributed by atoms with Crippen molar-refractivity contribution in [3.05, 3.63) is 48.0 Å². The maximum atomic E-state index is 12.0. The molecule has 8 heteroatoms. The smallest absolute Gasteiger partial charge is 0.241 e. The highest BCUT2D eigenvalue weighted by Gasteiger charge is 2.22. The summed E-state index contributed by atoms with van der Waals surface area (Å²) in [7, 11) is -4.16. The SMILES string of the molecule is CCCC(O)Nc1cc(C=O)cc(S(N)(=O)=O)c1Oc1ccccc1. The van der Waals surface area contributed by atoms with Gasteiger partial charge in [0.05, 0.1) is 5.69 Å². The Labute approximate surface area is 146 Å². The summed E-state index contributed by atoms with van der Waals surface area (Å²) >= 11 is 0. The van der Waals surface area contributed by atoms with Gasteiger partial charge < -0.3 is 15.2 Å². The Morgan fingerprint density at radius 2 is 1.96 bits per heavy atom. The van der Waals surface area contributed by atoms with Crippen molar-refractivity contribution < 1.29 is 23.1 Å². The van der Waals surface area contributed by atoms with Crippen LogP contribution in [0.2, 0.25) is 0 Å². The van der Waals surface area contributed by atoms with Gasteiger partial charge in [0.1, 0.15) is 23.2 Å². The predicted molar refractivity (Wildman–Crippen MR) is 94.3 cm³/mol. The van der Waals surface area contributed by atoms with Crippen molar-refractivity contribution >= 4 is 22.0 Å². The molecule has 0 saturated carbocycles. The number of nitrogens with two attached hydrogens (primary N) is 1. The number of aldehydes is 1. The van der Waals surface area contributed by atoms with Crippen LogP contribution in [0, 0.1) is 0 Å². The molecule has 1 atom stereocenters. The average Bonchev–Trinajstić information content (AvgIpc) is 2.56. The van der Waals surface area contributed by atoms with Gasteiger partial charge in [0.15, 0.2) is 5.75 Å². The van der Waals surface area contributed by atoms with Gasteiger partial charge in [0.2, 0.25) is 10.0 Å². The molecule has 7 nitrogen and oxygen atoms in total. The minimum Gasteiger partial charge on any atom is -0.454 e. The van der Waals surface area contributed by atoms with Crippen molar-refractivity contribution in [3.63, 3.8) is 0 Å². The molecule has 1 unspecified atom stereocenters. The van der Waals surface area contributed by atoms with Crippen molar-refractivity contribution in [1.29, 1.82) is 0 Å². The van der Waals surface area contributed by atoms with Crippen LogP contribution in [0.3, 0.4) is 0 Å². The molecule has 4 N–H and O–H groups in total. The third-order valence-electron chi connectivity index (χ3n) is 3.37. The van der Waals surface area contributed by atoms with Crippen LogP contribution in [0.5, 0.6) is 11.5 Å². The lowest BCUT2D eigenvalue weighted by atomic mass is 10.2. The molecule has 0 heterocycles. The summed E-state index contributed by atoms with van der Waals surface area (Å²) in [6.07, 6.45) is 0.704. The van der Waals surface area contributed by atoms with Gasteiger partial charge in [-0.25, -0.2) is 13.6 Å². The molecule has 2 rings (SSSR count).